The predicted octanol–water partition coefficient (Wildman–Crippen LogP) is 2.96. The molecule has 0 spiro atoms. The van der Waals surface area contributed by atoms with Crippen LogP contribution in [0.1, 0.15) is 22.9 Å². The van der Waals surface area contributed by atoms with Crippen molar-refractivity contribution in [3.05, 3.63) is 46.0 Å². The minimum atomic E-state index is 0.177. The van der Waals surface area contributed by atoms with Crippen molar-refractivity contribution in [2.75, 3.05) is 7.05 Å². The Bertz CT molecular complexity index is 391. The maximum absolute atomic E-state index is 5.48. The average molecular weight is 207 g/mol. The Morgan fingerprint density at radius 1 is 1.43 bits per heavy atom. The summed E-state index contributed by atoms with van der Waals surface area (Å²) in [6.45, 7) is 2.07. The Hall–Kier alpha value is -1.06. The predicted molar refractivity (Wildman–Crippen MR) is 58.7 cm³/mol. The second kappa shape index (κ2) is 3.98. The summed E-state index contributed by atoms with van der Waals surface area (Å²) in [6.07, 6.45) is 1.74. The molecule has 0 amide bonds. The molecule has 0 aliphatic carbocycles. The quantitative estimate of drug-likeness (QED) is 0.837. The summed E-state index contributed by atoms with van der Waals surface area (Å²) in [6, 6.07) is 4.29. The summed E-state index contributed by atoms with van der Waals surface area (Å²) in [7, 11) is 1.95. The highest BCUT2D eigenvalue weighted by Gasteiger charge is 2.17. The summed E-state index contributed by atoms with van der Waals surface area (Å²) >= 11 is 1.70. The summed E-state index contributed by atoms with van der Waals surface area (Å²) in [4.78, 5) is 0. The van der Waals surface area contributed by atoms with Gasteiger partial charge in [0.05, 0.1) is 12.3 Å². The summed E-state index contributed by atoms with van der Waals surface area (Å²) in [5.41, 5.74) is 2.45. The van der Waals surface area contributed by atoms with Crippen molar-refractivity contribution in [3.8, 4) is 0 Å². The minimum absolute atomic E-state index is 0.177. The molecule has 0 bridgehead atoms. The summed E-state index contributed by atoms with van der Waals surface area (Å²) < 4.78 is 5.48. The lowest BCUT2D eigenvalue weighted by molar-refractivity contribution is 0.461. The third-order valence-corrected chi connectivity index (χ3v) is 3.03. The van der Waals surface area contributed by atoms with Gasteiger partial charge in [-0.2, -0.15) is 11.3 Å². The van der Waals surface area contributed by atoms with Gasteiger partial charge in [0.1, 0.15) is 5.76 Å². The van der Waals surface area contributed by atoms with Crippen LogP contribution in [0.5, 0.6) is 0 Å². The number of aryl methyl sites for hydroxylation is 1. The molecule has 2 heterocycles. The Morgan fingerprint density at radius 3 is 2.79 bits per heavy atom. The first-order chi connectivity index (χ1) is 6.83. The third-order valence-electron chi connectivity index (χ3n) is 2.33. The van der Waals surface area contributed by atoms with E-state index < -0.39 is 0 Å². The van der Waals surface area contributed by atoms with Gasteiger partial charge in [0.25, 0.3) is 0 Å². The molecule has 2 aromatic rings. The molecule has 1 atom stereocenters. The van der Waals surface area contributed by atoms with Crippen molar-refractivity contribution in [1.29, 1.82) is 0 Å². The molecule has 0 aliphatic rings. The lowest BCUT2D eigenvalue weighted by atomic mass is 10.1. The Kier molecular flexibility index (Phi) is 2.70. The average Bonchev–Trinajstić information content (AvgIpc) is 2.80. The van der Waals surface area contributed by atoms with E-state index in [9.17, 15) is 0 Å². The van der Waals surface area contributed by atoms with E-state index in [-0.39, 0.29) is 6.04 Å². The first-order valence-electron chi connectivity index (χ1n) is 4.56. The molecule has 3 heteroatoms. The van der Waals surface area contributed by atoms with Crippen LogP contribution in [0.2, 0.25) is 0 Å². The fourth-order valence-electron chi connectivity index (χ4n) is 1.57. The van der Waals surface area contributed by atoms with Gasteiger partial charge in [-0.25, -0.2) is 0 Å². The van der Waals surface area contributed by atoms with E-state index in [1.807, 2.05) is 13.1 Å². The van der Waals surface area contributed by atoms with E-state index in [1.54, 1.807) is 17.6 Å². The minimum Gasteiger partial charge on any atom is -0.467 e. The highest BCUT2D eigenvalue weighted by Crippen LogP contribution is 2.26. The van der Waals surface area contributed by atoms with E-state index in [2.05, 4.69) is 29.1 Å². The van der Waals surface area contributed by atoms with Crippen LogP contribution in [0.4, 0.5) is 0 Å². The van der Waals surface area contributed by atoms with Crippen LogP contribution in [0, 0.1) is 6.92 Å². The molecule has 0 fully saturated rings. The lowest BCUT2D eigenvalue weighted by Crippen LogP contribution is -2.17. The number of nitrogens with one attached hydrogen (secondary N) is 1. The van der Waals surface area contributed by atoms with Crippen molar-refractivity contribution in [3.63, 3.8) is 0 Å². The number of rotatable bonds is 3. The fourth-order valence-corrected chi connectivity index (χ4v) is 2.25. The van der Waals surface area contributed by atoms with Gasteiger partial charge in [-0.15, -0.1) is 0 Å². The first kappa shape index (κ1) is 9.49. The van der Waals surface area contributed by atoms with Crippen molar-refractivity contribution in [2.45, 2.75) is 13.0 Å². The highest BCUT2D eigenvalue weighted by molar-refractivity contribution is 7.08. The van der Waals surface area contributed by atoms with Crippen molar-refractivity contribution < 1.29 is 4.42 Å². The van der Waals surface area contributed by atoms with Gasteiger partial charge in [0, 0.05) is 0 Å². The monoisotopic (exact) mass is 207 g/mol. The number of thiophene rings is 1. The van der Waals surface area contributed by atoms with E-state index in [1.165, 1.54) is 11.1 Å². The molecule has 14 heavy (non-hydrogen) atoms. The van der Waals surface area contributed by atoms with Gasteiger partial charge in [0.15, 0.2) is 0 Å². The molecule has 0 aromatic carbocycles. The van der Waals surface area contributed by atoms with Crippen molar-refractivity contribution in [1.82, 2.24) is 5.32 Å². The molecular weight excluding hydrogens is 194 g/mol. The Balaban J connectivity index is 2.36. The smallest absolute Gasteiger partial charge is 0.128 e. The van der Waals surface area contributed by atoms with Crippen LogP contribution in [0.15, 0.2) is 33.6 Å². The van der Waals surface area contributed by atoms with Gasteiger partial charge in [0.2, 0.25) is 0 Å². The molecule has 74 valence electrons. The standard InChI is InChI=1S/C11H13NOS/c1-8-3-5-13-11(8)10(12-2)9-4-6-14-7-9/h3-7,10,12H,1-2H3. The van der Waals surface area contributed by atoms with Gasteiger partial charge < -0.3 is 9.73 Å². The molecule has 2 aromatic heterocycles. The maximum Gasteiger partial charge on any atom is 0.128 e. The maximum atomic E-state index is 5.48. The van der Waals surface area contributed by atoms with E-state index in [0.717, 1.165) is 5.76 Å². The second-order valence-corrected chi connectivity index (χ2v) is 4.03. The van der Waals surface area contributed by atoms with Crippen LogP contribution >= 0.6 is 11.3 Å². The van der Waals surface area contributed by atoms with Gasteiger partial charge in [-0.3, -0.25) is 0 Å². The van der Waals surface area contributed by atoms with Crippen LogP contribution in [-0.2, 0) is 0 Å². The fraction of sp³-hybridized carbons (Fsp3) is 0.273. The molecular formula is C11H13NOS. The van der Waals surface area contributed by atoms with Gasteiger partial charge in [-0.05, 0) is 48.0 Å². The SMILES string of the molecule is CNC(c1ccsc1)c1occc1C. The molecule has 0 aliphatic heterocycles. The lowest BCUT2D eigenvalue weighted by Gasteiger charge is -2.12. The highest BCUT2D eigenvalue weighted by atomic mass is 32.1. The zero-order valence-corrected chi connectivity index (χ0v) is 9.10. The normalized spacial score (nSPS) is 13.0. The number of hydrogen-bond donors (Lipinski definition) is 1. The molecule has 2 nitrogen and oxygen atoms in total. The molecule has 1 N–H and O–H groups in total. The van der Waals surface area contributed by atoms with Crippen LogP contribution in [0.25, 0.3) is 0 Å². The zero-order chi connectivity index (χ0) is 9.97. The summed E-state index contributed by atoms with van der Waals surface area (Å²) in [5, 5.41) is 7.48. The van der Waals surface area contributed by atoms with E-state index >= 15 is 0 Å². The van der Waals surface area contributed by atoms with Crippen molar-refractivity contribution >= 4 is 11.3 Å². The topological polar surface area (TPSA) is 25.2 Å². The Labute approximate surface area is 87.6 Å². The van der Waals surface area contributed by atoms with Crippen LogP contribution < -0.4 is 5.32 Å². The number of furan rings is 1. The molecule has 0 saturated carbocycles. The Morgan fingerprint density at radius 2 is 2.29 bits per heavy atom. The van der Waals surface area contributed by atoms with Crippen LogP contribution in [0.3, 0.4) is 0 Å². The van der Waals surface area contributed by atoms with E-state index in [4.69, 9.17) is 4.42 Å². The molecule has 0 radical (unpaired) electrons. The molecule has 1 unspecified atom stereocenters. The van der Waals surface area contributed by atoms with E-state index in [0.29, 0.717) is 0 Å². The van der Waals surface area contributed by atoms with Crippen LogP contribution in [-0.4, -0.2) is 7.05 Å². The first-order valence-corrected chi connectivity index (χ1v) is 5.50. The summed E-state index contributed by atoms with van der Waals surface area (Å²) in [5.74, 6) is 1.01. The largest absolute Gasteiger partial charge is 0.467 e. The van der Waals surface area contributed by atoms with Gasteiger partial charge >= 0.3 is 0 Å². The molecule has 2 rings (SSSR count). The second-order valence-electron chi connectivity index (χ2n) is 3.25. The zero-order valence-electron chi connectivity index (χ0n) is 8.28. The number of hydrogen-bond acceptors (Lipinski definition) is 3. The third kappa shape index (κ3) is 1.61. The van der Waals surface area contributed by atoms with Gasteiger partial charge in [-0.1, -0.05) is 0 Å². The molecule has 0 saturated heterocycles. The van der Waals surface area contributed by atoms with Crippen molar-refractivity contribution in [2.24, 2.45) is 0 Å².